The van der Waals surface area contributed by atoms with E-state index in [1.165, 1.54) is 35.6 Å². The van der Waals surface area contributed by atoms with E-state index in [1.807, 2.05) is 30.3 Å². The number of nitrogens with one attached hydrogen (secondary N) is 1. The molecule has 1 aromatic heterocycles. The van der Waals surface area contributed by atoms with Crippen LogP contribution in [0.25, 0.3) is 0 Å². The number of rotatable bonds is 11. The summed E-state index contributed by atoms with van der Waals surface area (Å²) in [5.74, 6) is -0.477. The maximum Gasteiger partial charge on any atom is 0.243 e. The maximum atomic E-state index is 13.3. The van der Waals surface area contributed by atoms with Crippen LogP contribution in [0.5, 0.6) is 0 Å². The van der Waals surface area contributed by atoms with Crippen molar-refractivity contribution in [1.29, 1.82) is 0 Å². The van der Waals surface area contributed by atoms with Crippen molar-refractivity contribution < 1.29 is 13.2 Å². The van der Waals surface area contributed by atoms with Gasteiger partial charge in [-0.05, 0) is 36.2 Å². The van der Waals surface area contributed by atoms with E-state index >= 15 is 0 Å². The van der Waals surface area contributed by atoms with Crippen molar-refractivity contribution in [3.8, 4) is 0 Å². The summed E-state index contributed by atoms with van der Waals surface area (Å²) in [6, 6.07) is 15.0. The Hall–Kier alpha value is -2.33. The van der Waals surface area contributed by atoms with Crippen LogP contribution in [-0.2, 0) is 27.8 Å². The summed E-state index contributed by atoms with van der Waals surface area (Å²) in [6.07, 6.45) is 4.05. The Balaban J connectivity index is 1.75. The van der Waals surface area contributed by atoms with Gasteiger partial charge in [-0.15, -0.1) is 10.2 Å². The number of unbranched alkanes of at least 4 members (excludes halogenated alkanes) is 2. The van der Waals surface area contributed by atoms with E-state index in [0.29, 0.717) is 10.2 Å². The molecule has 170 valence electrons. The molecular weight excluding hydrogens is 468 g/mol. The van der Waals surface area contributed by atoms with Crippen LogP contribution >= 0.6 is 22.9 Å². The number of benzene rings is 2. The zero-order chi connectivity index (χ0) is 23.0. The minimum absolute atomic E-state index is 0.0532. The molecule has 0 atom stereocenters. The predicted octanol–water partition coefficient (Wildman–Crippen LogP) is 4.75. The van der Waals surface area contributed by atoms with E-state index < -0.39 is 15.9 Å². The van der Waals surface area contributed by atoms with Gasteiger partial charge in [-0.3, -0.25) is 10.1 Å². The van der Waals surface area contributed by atoms with Gasteiger partial charge in [0.25, 0.3) is 0 Å². The third-order valence-corrected chi connectivity index (χ3v) is 7.64. The van der Waals surface area contributed by atoms with E-state index in [-0.39, 0.29) is 18.0 Å². The van der Waals surface area contributed by atoms with Crippen molar-refractivity contribution in [2.24, 2.45) is 0 Å². The fraction of sp³-hybridized carbons (Fsp3) is 0.318. The van der Waals surface area contributed by atoms with Crippen LogP contribution < -0.4 is 5.32 Å². The van der Waals surface area contributed by atoms with Gasteiger partial charge < -0.3 is 0 Å². The molecule has 2 aromatic carbocycles. The monoisotopic (exact) mass is 492 g/mol. The number of aromatic nitrogens is 2. The lowest BCUT2D eigenvalue weighted by molar-refractivity contribution is -0.116. The number of carbonyl (C=O) groups is 1. The summed E-state index contributed by atoms with van der Waals surface area (Å²) < 4.78 is 27.7. The lowest BCUT2D eigenvalue weighted by Gasteiger charge is -2.21. The largest absolute Gasteiger partial charge is 0.299 e. The quantitative estimate of drug-likeness (QED) is 0.390. The molecule has 32 heavy (non-hydrogen) atoms. The van der Waals surface area contributed by atoms with Crippen LogP contribution in [0.15, 0.2) is 59.5 Å². The van der Waals surface area contributed by atoms with Crippen molar-refractivity contribution in [1.82, 2.24) is 14.5 Å². The van der Waals surface area contributed by atoms with Crippen LogP contribution in [0.4, 0.5) is 5.13 Å². The summed E-state index contributed by atoms with van der Waals surface area (Å²) in [7, 11) is -3.93. The Morgan fingerprint density at radius 2 is 1.78 bits per heavy atom. The van der Waals surface area contributed by atoms with Crippen LogP contribution in [0, 0.1) is 0 Å². The molecule has 0 bridgehead atoms. The molecule has 10 heteroatoms. The molecule has 0 aliphatic carbocycles. The minimum atomic E-state index is -3.93. The molecule has 3 rings (SSSR count). The Kier molecular flexibility index (Phi) is 8.75. The highest BCUT2D eigenvalue weighted by Crippen LogP contribution is 2.22. The van der Waals surface area contributed by atoms with E-state index in [9.17, 15) is 13.2 Å². The fourth-order valence-corrected chi connectivity index (χ4v) is 5.33. The summed E-state index contributed by atoms with van der Waals surface area (Å²) >= 11 is 7.21. The van der Waals surface area contributed by atoms with Gasteiger partial charge in [0, 0.05) is 18.0 Å². The van der Waals surface area contributed by atoms with E-state index in [2.05, 4.69) is 22.4 Å². The topological polar surface area (TPSA) is 92.3 Å². The second kappa shape index (κ2) is 11.5. The molecular formula is C22H25ClN4O3S2. The normalized spacial score (nSPS) is 11.6. The molecule has 0 fully saturated rings. The Morgan fingerprint density at radius 3 is 2.47 bits per heavy atom. The molecule has 0 unspecified atom stereocenters. The number of amides is 1. The number of carbonyl (C=O) groups excluding carboxylic acids is 1. The van der Waals surface area contributed by atoms with Crippen molar-refractivity contribution in [3.05, 3.63) is 70.2 Å². The number of nitrogens with zero attached hydrogens (tertiary/aromatic N) is 3. The highest BCUT2D eigenvalue weighted by Gasteiger charge is 2.27. The lowest BCUT2D eigenvalue weighted by Crippen LogP contribution is -2.37. The Bertz CT molecular complexity index is 1120. The Morgan fingerprint density at radius 1 is 1.06 bits per heavy atom. The van der Waals surface area contributed by atoms with Gasteiger partial charge in [-0.1, -0.05) is 73.0 Å². The van der Waals surface area contributed by atoms with Crippen molar-refractivity contribution >= 4 is 44.0 Å². The van der Waals surface area contributed by atoms with Gasteiger partial charge in [-0.2, -0.15) is 4.31 Å². The molecule has 1 heterocycles. The number of hydrogen-bond acceptors (Lipinski definition) is 6. The highest BCUT2D eigenvalue weighted by atomic mass is 35.5. The van der Waals surface area contributed by atoms with Crippen LogP contribution in [0.2, 0.25) is 5.02 Å². The number of aryl methyl sites for hydroxylation is 1. The van der Waals surface area contributed by atoms with Gasteiger partial charge in [0.05, 0.1) is 11.4 Å². The molecule has 1 amide bonds. The van der Waals surface area contributed by atoms with Gasteiger partial charge in [-0.25, -0.2) is 8.42 Å². The summed E-state index contributed by atoms with van der Waals surface area (Å²) in [5.41, 5.74) is 0.770. The zero-order valence-electron chi connectivity index (χ0n) is 17.7. The second-order valence-corrected chi connectivity index (χ2v) is 10.7. The number of halogens is 1. The molecule has 7 nitrogen and oxygen atoms in total. The molecule has 0 radical (unpaired) electrons. The second-order valence-electron chi connectivity index (χ2n) is 7.22. The summed E-state index contributed by atoms with van der Waals surface area (Å²) in [6.45, 7) is 1.83. The molecule has 0 saturated carbocycles. The Labute approximate surface area is 197 Å². The first-order valence-corrected chi connectivity index (χ1v) is 12.9. The highest BCUT2D eigenvalue weighted by molar-refractivity contribution is 7.89. The molecule has 0 spiro atoms. The van der Waals surface area contributed by atoms with Gasteiger partial charge in [0.1, 0.15) is 5.01 Å². The van der Waals surface area contributed by atoms with Gasteiger partial charge in [0.15, 0.2) is 0 Å². The van der Waals surface area contributed by atoms with Crippen LogP contribution in [0.3, 0.4) is 0 Å². The summed E-state index contributed by atoms with van der Waals surface area (Å²) in [5, 5.41) is 12.4. The fourth-order valence-electron chi connectivity index (χ4n) is 3.02. The van der Waals surface area contributed by atoms with Crippen LogP contribution in [0.1, 0.15) is 36.8 Å². The maximum absolute atomic E-state index is 13.3. The van der Waals surface area contributed by atoms with Crippen LogP contribution in [-0.4, -0.2) is 35.4 Å². The third-order valence-electron chi connectivity index (χ3n) is 4.68. The lowest BCUT2D eigenvalue weighted by atomic mass is 10.2. The van der Waals surface area contributed by atoms with Crippen molar-refractivity contribution in [3.63, 3.8) is 0 Å². The third kappa shape index (κ3) is 6.83. The number of sulfonamides is 1. The standard InChI is InChI=1S/C22H25ClN4O3S2/c1-2-3-5-10-21-25-26-22(31-21)24-20(28)16-27(15-17-8-6-4-7-9-17)32(29,30)19-13-11-18(23)12-14-19/h4,6-9,11-14H,2-3,5,10,15-16H2,1H3,(H,24,26,28). The smallest absolute Gasteiger partial charge is 0.243 e. The van der Waals surface area contributed by atoms with E-state index in [0.717, 1.165) is 40.6 Å². The number of anilines is 1. The average Bonchev–Trinajstić information content (AvgIpc) is 3.21. The first-order valence-electron chi connectivity index (χ1n) is 10.3. The predicted molar refractivity (Wildman–Crippen MR) is 127 cm³/mol. The van der Waals surface area contributed by atoms with Crippen molar-refractivity contribution in [2.45, 2.75) is 44.0 Å². The first kappa shape index (κ1) is 24.3. The first-order chi connectivity index (χ1) is 15.4. The molecule has 1 N–H and O–H groups in total. The molecule has 0 aliphatic heterocycles. The molecule has 0 aliphatic rings. The minimum Gasteiger partial charge on any atom is -0.299 e. The van der Waals surface area contributed by atoms with E-state index in [1.54, 1.807) is 0 Å². The van der Waals surface area contributed by atoms with Gasteiger partial charge >= 0.3 is 0 Å². The number of hydrogen-bond donors (Lipinski definition) is 1. The van der Waals surface area contributed by atoms with Gasteiger partial charge in [0.2, 0.25) is 21.1 Å². The molecule has 3 aromatic rings. The molecule has 0 saturated heterocycles. The zero-order valence-corrected chi connectivity index (χ0v) is 20.1. The van der Waals surface area contributed by atoms with E-state index in [4.69, 9.17) is 11.6 Å². The SMILES string of the molecule is CCCCCc1nnc(NC(=O)CN(Cc2ccccc2)S(=O)(=O)c2ccc(Cl)cc2)s1. The summed E-state index contributed by atoms with van der Waals surface area (Å²) in [4.78, 5) is 12.8. The van der Waals surface area contributed by atoms with Crippen molar-refractivity contribution in [2.75, 3.05) is 11.9 Å². The average molecular weight is 493 g/mol.